The minimum atomic E-state index is -0.124. The van der Waals surface area contributed by atoms with Crippen molar-refractivity contribution in [3.8, 4) is 22.5 Å². The Bertz CT molecular complexity index is 3730. The summed E-state index contributed by atoms with van der Waals surface area (Å²) in [6, 6.07) is 74.0. The number of fused-ring (bicyclic) bond motifs is 13. The highest BCUT2D eigenvalue weighted by Gasteiger charge is 2.36. The van der Waals surface area contributed by atoms with Crippen LogP contribution in [0.5, 0.6) is 0 Å². The van der Waals surface area contributed by atoms with Gasteiger partial charge in [0.1, 0.15) is 0 Å². The van der Waals surface area contributed by atoms with Crippen molar-refractivity contribution in [2.24, 2.45) is 0 Å². The third-order valence-electron chi connectivity index (χ3n) is 13.3. The first kappa shape index (κ1) is 37.4. The lowest BCUT2D eigenvalue weighted by atomic mass is 9.82. The molecule has 0 aliphatic heterocycles. The van der Waals surface area contributed by atoms with Crippen molar-refractivity contribution in [1.82, 2.24) is 9.13 Å². The largest absolute Gasteiger partial charge is 0.310 e. The van der Waals surface area contributed by atoms with E-state index < -0.39 is 0 Å². The number of hydrogen-bond acceptors (Lipinski definition) is 2. The predicted molar refractivity (Wildman–Crippen MR) is 272 cm³/mol. The van der Waals surface area contributed by atoms with Gasteiger partial charge >= 0.3 is 0 Å². The van der Waals surface area contributed by atoms with Crippen LogP contribution in [-0.4, -0.2) is 9.13 Å². The lowest BCUT2D eigenvalue weighted by Gasteiger charge is -2.28. The molecule has 0 saturated heterocycles. The third kappa shape index (κ3) is 5.51. The molecule has 0 saturated carbocycles. The molecule has 0 bridgehead atoms. The SMILES string of the molecule is CC.CC1(C)c2ccccc2-c2ccc(N(c3ccc(-n4c5ccccc5c5c6sc7ccccc7c6ccc54)cc3)c3ccc4c(c3)c3ccccc3n4-c3ccccc3)cc21. The van der Waals surface area contributed by atoms with E-state index in [0.29, 0.717) is 0 Å². The van der Waals surface area contributed by atoms with Crippen molar-refractivity contribution in [1.29, 1.82) is 0 Å². The van der Waals surface area contributed by atoms with Crippen LogP contribution in [0.1, 0.15) is 38.8 Å². The summed E-state index contributed by atoms with van der Waals surface area (Å²) < 4.78 is 7.51. The fourth-order valence-corrected chi connectivity index (χ4v) is 11.8. The second kappa shape index (κ2) is 14.3. The van der Waals surface area contributed by atoms with Crippen molar-refractivity contribution in [2.45, 2.75) is 33.1 Å². The molecule has 12 aromatic rings. The van der Waals surface area contributed by atoms with Gasteiger partial charge in [-0.15, -0.1) is 11.3 Å². The molecule has 4 heteroatoms. The summed E-state index contributed by atoms with van der Waals surface area (Å²) >= 11 is 1.90. The Morgan fingerprint density at radius 2 is 0.952 bits per heavy atom. The number of aromatic nitrogens is 2. The molecule has 0 unspecified atom stereocenters. The molecular weight excluding hydrogens is 783 g/mol. The van der Waals surface area contributed by atoms with Crippen LogP contribution in [0.2, 0.25) is 0 Å². The molecule has 13 rings (SSSR count). The van der Waals surface area contributed by atoms with Gasteiger partial charge < -0.3 is 14.0 Å². The predicted octanol–water partition coefficient (Wildman–Crippen LogP) is 17.1. The van der Waals surface area contributed by atoms with Crippen LogP contribution < -0.4 is 4.90 Å². The van der Waals surface area contributed by atoms with E-state index in [1.165, 1.54) is 86.0 Å². The monoisotopic (exact) mass is 827 g/mol. The number of benzene rings is 9. The van der Waals surface area contributed by atoms with Crippen molar-refractivity contribution < 1.29 is 0 Å². The minimum absolute atomic E-state index is 0.124. The molecule has 0 spiro atoms. The van der Waals surface area contributed by atoms with Crippen LogP contribution in [0.25, 0.3) is 86.3 Å². The molecule has 0 radical (unpaired) electrons. The molecule has 0 N–H and O–H groups in total. The van der Waals surface area contributed by atoms with Crippen LogP contribution in [0.15, 0.2) is 200 Å². The zero-order valence-electron chi connectivity index (χ0n) is 35.8. The number of thiophene rings is 1. The Morgan fingerprint density at radius 1 is 0.397 bits per heavy atom. The Balaban J connectivity index is 0.00000208. The standard InChI is InChI=1S/C57H39N3S.C2H6/c1-57(2)48-20-10-6-16-41(48)42-30-28-40(35-49(42)57)58(39-29-32-52-47(34-39)43-17-7-11-21-50(43)59(52)36-14-4-3-5-15-36)37-24-26-38(27-25-37)60-51-22-12-8-19-46(51)55-53(60)33-31-45-44-18-9-13-23-54(44)61-56(45)55;1-2/h3-35H,1-2H3;1-2H3. The van der Waals surface area contributed by atoms with Gasteiger partial charge in [0.15, 0.2) is 0 Å². The number of nitrogens with zero attached hydrogens (tertiary/aromatic N) is 3. The van der Waals surface area contributed by atoms with Gasteiger partial charge in [-0.25, -0.2) is 0 Å². The quantitative estimate of drug-likeness (QED) is 0.168. The highest BCUT2D eigenvalue weighted by atomic mass is 32.1. The summed E-state index contributed by atoms with van der Waals surface area (Å²) in [6.07, 6.45) is 0. The zero-order valence-corrected chi connectivity index (χ0v) is 36.6. The second-order valence-electron chi connectivity index (χ2n) is 16.9. The summed E-state index contributed by atoms with van der Waals surface area (Å²) in [5.41, 5.74) is 15.8. The molecule has 0 amide bonds. The lowest BCUT2D eigenvalue weighted by molar-refractivity contribution is 0.660. The van der Waals surface area contributed by atoms with Gasteiger partial charge in [0.05, 0.1) is 22.1 Å². The lowest BCUT2D eigenvalue weighted by Crippen LogP contribution is -2.16. The van der Waals surface area contributed by atoms with Crippen LogP contribution in [0.4, 0.5) is 17.1 Å². The van der Waals surface area contributed by atoms with Gasteiger partial charge in [-0.2, -0.15) is 0 Å². The highest BCUT2D eigenvalue weighted by Crippen LogP contribution is 2.51. The number of anilines is 3. The van der Waals surface area contributed by atoms with E-state index in [0.717, 1.165) is 28.4 Å². The van der Waals surface area contributed by atoms with Crippen molar-refractivity contribution in [3.05, 3.63) is 211 Å². The van der Waals surface area contributed by atoms with E-state index in [4.69, 9.17) is 0 Å². The molecule has 1 aliphatic rings. The van der Waals surface area contributed by atoms with Gasteiger partial charge in [0, 0.05) is 75.6 Å². The normalized spacial score (nSPS) is 12.9. The molecule has 0 atom stereocenters. The maximum Gasteiger partial charge on any atom is 0.0555 e. The summed E-state index contributed by atoms with van der Waals surface area (Å²) in [7, 11) is 0. The molecular formula is C59H45N3S. The van der Waals surface area contributed by atoms with Gasteiger partial charge in [-0.1, -0.05) is 137 Å². The van der Waals surface area contributed by atoms with Gasteiger partial charge in [-0.05, 0) is 113 Å². The Kier molecular flexibility index (Phi) is 8.50. The Hall–Kier alpha value is -7.40. The number of para-hydroxylation sites is 3. The maximum atomic E-state index is 2.45. The van der Waals surface area contributed by atoms with Crippen LogP contribution in [0, 0.1) is 0 Å². The fraction of sp³-hybridized carbons (Fsp3) is 0.0847. The van der Waals surface area contributed by atoms with Crippen LogP contribution in [-0.2, 0) is 5.41 Å². The summed E-state index contributed by atoms with van der Waals surface area (Å²) in [5, 5.41) is 7.72. The second-order valence-corrected chi connectivity index (χ2v) is 18.0. The van der Waals surface area contributed by atoms with Crippen molar-refractivity contribution >= 4 is 92.2 Å². The van der Waals surface area contributed by atoms with E-state index in [1.807, 2.05) is 25.2 Å². The van der Waals surface area contributed by atoms with Gasteiger partial charge in [0.25, 0.3) is 0 Å². The van der Waals surface area contributed by atoms with Gasteiger partial charge in [-0.3, -0.25) is 0 Å². The van der Waals surface area contributed by atoms with E-state index >= 15 is 0 Å². The van der Waals surface area contributed by atoms with Crippen LogP contribution >= 0.6 is 11.3 Å². The molecule has 3 nitrogen and oxygen atoms in total. The smallest absolute Gasteiger partial charge is 0.0555 e. The first-order valence-electron chi connectivity index (χ1n) is 22.1. The number of rotatable bonds is 5. The first-order valence-corrected chi connectivity index (χ1v) is 22.9. The molecule has 0 fully saturated rings. The fourth-order valence-electron chi connectivity index (χ4n) is 10.5. The van der Waals surface area contributed by atoms with Gasteiger partial charge in [0.2, 0.25) is 0 Å². The topological polar surface area (TPSA) is 13.1 Å². The summed E-state index contributed by atoms with van der Waals surface area (Å²) in [5.74, 6) is 0. The first-order chi connectivity index (χ1) is 31.0. The summed E-state index contributed by atoms with van der Waals surface area (Å²) in [4.78, 5) is 2.45. The Morgan fingerprint density at radius 3 is 1.76 bits per heavy atom. The zero-order chi connectivity index (χ0) is 42.4. The van der Waals surface area contributed by atoms with E-state index in [-0.39, 0.29) is 5.41 Å². The highest BCUT2D eigenvalue weighted by molar-refractivity contribution is 7.26. The third-order valence-corrected chi connectivity index (χ3v) is 14.5. The van der Waals surface area contributed by atoms with E-state index in [9.17, 15) is 0 Å². The average molecular weight is 828 g/mol. The molecule has 1 aliphatic carbocycles. The molecule has 63 heavy (non-hydrogen) atoms. The number of hydrogen-bond donors (Lipinski definition) is 0. The maximum absolute atomic E-state index is 2.45. The molecule has 302 valence electrons. The Labute approximate surface area is 371 Å². The molecule has 3 aromatic heterocycles. The average Bonchev–Trinajstić information content (AvgIpc) is 4.05. The molecule has 3 heterocycles. The van der Waals surface area contributed by atoms with Crippen molar-refractivity contribution in [2.75, 3.05) is 4.90 Å². The van der Waals surface area contributed by atoms with E-state index in [1.54, 1.807) is 0 Å². The van der Waals surface area contributed by atoms with E-state index in [2.05, 4.69) is 228 Å². The van der Waals surface area contributed by atoms with Crippen LogP contribution in [0.3, 0.4) is 0 Å². The van der Waals surface area contributed by atoms with Crippen molar-refractivity contribution in [3.63, 3.8) is 0 Å². The molecule has 9 aromatic carbocycles. The summed E-state index contributed by atoms with van der Waals surface area (Å²) in [6.45, 7) is 8.73. The minimum Gasteiger partial charge on any atom is -0.310 e.